The molecule has 0 aliphatic heterocycles. The molecule has 2 heteroatoms. The third-order valence-electron chi connectivity index (χ3n) is 3.97. The Morgan fingerprint density at radius 1 is 1.17 bits per heavy atom. The third-order valence-corrected chi connectivity index (χ3v) is 3.97. The lowest BCUT2D eigenvalue weighted by Gasteiger charge is -2.25. The first kappa shape index (κ1) is 11.5. The highest BCUT2D eigenvalue weighted by Gasteiger charge is 2.19. The molecule has 0 heterocycles. The number of rotatable bonds is 2. The van der Waals surface area contributed by atoms with E-state index in [1.165, 1.54) is 41.2 Å². The minimum absolute atomic E-state index is 0.504. The molecule has 0 bridgehead atoms. The molecule has 2 nitrogen and oxygen atoms in total. The van der Waals surface area contributed by atoms with Crippen molar-refractivity contribution in [3.8, 4) is 5.75 Å². The van der Waals surface area contributed by atoms with Crippen LogP contribution < -0.4 is 10.1 Å². The molecule has 1 aliphatic rings. The molecular weight excluding hydrogens is 222 g/mol. The molecule has 1 N–H and O–H groups in total. The van der Waals surface area contributed by atoms with Gasteiger partial charge in [0.25, 0.3) is 0 Å². The summed E-state index contributed by atoms with van der Waals surface area (Å²) in [6.45, 7) is 0. The van der Waals surface area contributed by atoms with E-state index in [4.69, 9.17) is 4.74 Å². The smallest absolute Gasteiger partial charge is 0.119 e. The summed E-state index contributed by atoms with van der Waals surface area (Å²) >= 11 is 0. The first-order chi connectivity index (χ1) is 8.81. The highest BCUT2D eigenvalue weighted by Crippen LogP contribution is 2.33. The molecule has 0 amide bonds. The maximum Gasteiger partial charge on any atom is 0.119 e. The third kappa shape index (κ3) is 1.87. The van der Waals surface area contributed by atoms with Crippen LogP contribution in [-0.4, -0.2) is 14.2 Å². The summed E-state index contributed by atoms with van der Waals surface area (Å²) in [6.07, 6.45) is 3.72. The fourth-order valence-electron chi connectivity index (χ4n) is 2.96. The zero-order chi connectivity index (χ0) is 12.5. The Hall–Kier alpha value is -1.54. The zero-order valence-corrected chi connectivity index (χ0v) is 11.0. The van der Waals surface area contributed by atoms with Gasteiger partial charge in [-0.15, -0.1) is 0 Å². The Bertz CT molecular complexity index is 577. The van der Waals surface area contributed by atoms with Gasteiger partial charge in [0.05, 0.1) is 7.11 Å². The van der Waals surface area contributed by atoms with Crippen LogP contribution >= 0.6 is 0 Å². The molecule has 0 saturated heterocycles. The second-order valence-electron chi connectivity index (χ2n) is 5.00. The minimum atomic E-state index is 0.504. The predicted molar refractivity (Wildman–Crippen MR) is 75.2 cm³/mol. The van der Waals surface area contributed by atoms with Gasteiger partial charge in [-0.05, 0) is 66.4 Å². The van der Waals surface area contributed by atoms with Crippen molar-refractivity contribution in [2.45, 2.75) is 25.3 Å². The second kappa shape index (κ2) is 4.62. The van der Waals surface area contributed by atoms with E-state index in [0.29, 0.717) is 6.04 Å². The molecule has 1 aliphatic carbocycles. The lowest BCUT2D eigenvalue weighted by molar-refractivity contribution is 0.415. The van der Waals surface area contributed by atoms with E-state index in [0.717, 1.165) is 5.75 Å². The number of ether oxygens (including phenoxy) is 1. The van der Waals surface area contributed by atoms with Crippen LogP contribution in [0.1, 0.15) is 30.0 Å². The van der Waals surface area contributed by atoms with Gasteiger partial charge in [-0.25, -0.2) is 0 Å². The van der Waals surface area contributed by atoms with Crippen molar-refractivity contribution in [3.63, 3.8) is 0 Å². The average molecular weight is 241 g/mol. The molecule has 0 aromatic heterocycles. The average Bonchev–Trinajstić information content (AvgIpc) is 2.43. The molecule has 2 aromatic rings. The molecule has 1 unspecified atom stereocenters. The molecule has 18 heavy (non-hydrogen) atoms. The molecule has 2 aromatic carbocycles. The van der Waals surface area contributed by atoms with Crippen LogP contribution in [0.15, 0.2) is 30.3 Å². The SMILES string of the molecule is CNC1CCCc2cc3ccc(OC)cc3cc21. The Morgan fingerprint density at radius 2 is 2.06 bits per heavy atom. The molecule has 94 valence electrons. The van der Waals surface area contributed by atoms with E-state index >= 15 is 0 Å². The van der Waals surface area contributed by atoms with Crippen LogP contribution in [-0.2, 0) is 6.42 Å². The normalized spacial score (nSPS) is 18.7. The van der Waals surface area contributed by atoms with Gasteiger partial charge >= 0.3 is 0 Å². The topological polar surface area (TPSA) is 21.3 Å². The van der Waals surface area contributed by atoms with E-state index in [9.17, 15) is 0 Å². The van der Waals surface area contributed by atoms with Gasteiger partial charge in [-0.3, -0.25) is 0 Å². The summed E-state index contributed by atoms with van der Waals surface area (Å²) in [7, 11) is 3.77. The summed E-state index contributed by atoms with van der Waals surface area (Å²) in [5, 5.41) is 6.01. The molecule has 1 atom stereocenters. The highest BCUT2D eigenvalue weighted by atomic mass is 16.5. The summed E-state index contributed by atoms with van der Waals surface area (Å²) < 4.78 is 5.30. The lowest BCUT2D eigenvalue weighted by atomic mass is 9.86. The van der Waals surface area contributed by atoms with E-state index < -0.39 is 0 Å². The first-order valence-electron chi connectivity index (χ1n) is 6.59. The van der Waals surface area contributed by atoms with Gasteiger partial charge in [0.1, 0.15) is 5.75 Å². The van der Waals surface area contributed by atoms with Gasteiger partial charge in [0, 0.05) is 6.04 Å². The van der Waals surface area contributed by atoms with Crippen molar-refractivity contribution in [3.05, 3.63) is 41.5 Å². The summed E-state index contributed by atoms with van der Waals surface area (Å²) in [5.74, 6) is 0.930. The molecule has 0 saturated carbocycles. The molecule has 0 radical (unpaired) electrons. The van der Waals surface area contributed by atoms with Crippen LogP contribution in [0.4, 0.5) is 0 Å². The van der Waals surface area contributed by atoms with E-state index in [2.05, 4.69) is 36.6 Å². The largest absolute Gasteiger partial charge is 0.497 e. The van der Waals surface area contributed by atoms with Crippen molar-refractivity contribution >= 4 is 10.8 Å². The number of hydrogen-bond donors (Lipinski definition) is 1. The van der Waals surface area contributed by atoms with Crippen LogP contribution in [0.25, 0.3) is 10.8 Å². The van der Waals surface area contributed by atoms with Crippen molar-refractivity contribution in [1.82, 2.24) is 5.32 Å². The highest BCUT2D eigenvalue weighted by molar-refractivity contribution is 5.85. The number of fused-ring (bicyclic) bond motifs is 2. The van der Waals surface area contributed by atoms with Crippen molar-refractivity contribution < 1.29 is 4.74 Å². The number of benzene rings is 2. The van der Waals surface area contributed by atoms with Crippen LogP contribution in [0.2, 0.25) is 0 Å². The van der Waals surface area contributed by atoms with E-state index in [-0.39, 0.29) is 0 Å². The Balaban J connectivity index is 2.17. The maximum atomic E-state index is 5.30. The fraction of sp³-hybridized carbons (Fsp3) is 0.375. The monoisotopic (exact) mass is 241 g/mol. The van der Waals surface area contributed by atoms with Crippen molar-refractivity contribution in [1.29, 1.82) is 0 Å². The second-order valence-corrected chi connectivity index (χ2v) is 5.00. The van der Waals surface area contributed by atoms with Crippen LogP contribution in [0.3, 0.4) is 0 Å². The first-order valence-corrected chi connectivity index (χ1v) is 6.59. The quantitative estimate of drug-likeness (QED) is 0.869. The summed E-state index contributed by atoms with van der Waals surface area (Å²) in [6, 6.07) is 11.5. The fourth-order valence-corrected chi connectivity index (χ4v) is 2.96. The van der Waals surface area contributed by atoms with Crippen molar-refractivity contribution in [2.24, 2.45) is 0 Å². The van der Waals surface area contributed by atoms with Crippen molar-refractivity contribution in [2.75, 3.05) is 14.2 Å². The number of aryl methyl sites for hydroxylation is 1. The summed E-state index contributed by atoms with van der Waals surface area (Å²) in [5.41, 5.74) is 2.96. The Morgan fingerprint density at radius 3 is 2.83 bits per heavy atom. The van der Waals surface area contributed by atoms with Gasteiger partial charge in [0.15, 0.2) is 0 Å². The predicted octanol–water partition coefficient (Wildman–Crippen LogP) is 3.45. The van der Waals surface area contributed by atoms with Gasteiger partial charge in [-0.2, -0.15) is 0 Å². The standard InChI is InChI=1S/C16H19NO/c1-17-16-5-3-4-12-8-11-6-7-14(18-2)9-13(11)10-15(12)16/h6-10,16-17H,3-5H2,1-2H3. The van der Waals surface area contributed by atoms with Crippen LogP contribution in [0, 0.1) is 0 Å². The number of methoxy groups -OCH3 is 1. The number of nitrogens with one attached hydrogen (secondary N) is 1. The Kier molecular flexibility index (Phi) is 2.96. The van der Waals surface area contributed by atoms with Gasteiger partial charge < -0.3 is 10.1 Å². The molecular formula is C16H19NO. The molecule has 3 rings (SSSR count). The minimum Gasteiger partial charge on any atom is -0.497 e. The van der Waals surface area contributed by atoms with E-state index in [1.807, 2.05) is 6.07 Å². The van der Waals surface area contributed by atoms with E-state index in [1.54, 1.807) is 7.11 Å². The van der Waals surface area contributed by atoms with Gasteiger partial charge in [0.2, 0.25) is 0 Å². The zero-order valence-electron chi connectivity index (χ0n) is 11.0. The molecule has 0 fully saturated rings. The Labute approximate surface area is 108 Å². The lowest BCUT2D eigenvalue weighted by Crippen LogP contribution is -2.21. The van der Waals surface area contributed by atoms with Gasteiger partial charge in [-0.1, -0.05) is 12.1 Å². The summed E-state index contributed by atoms with van der Waals surface area (Å²) in [4.78, 5) is 0. The molecule has 0 spiro atoms. The van der Waals surface area contributed by atoms with Crippen LogP contribution in [0.5, 0.6) is 5.75 Å². The number of hydrogen-bond acceptors (Lipinski definition) is 2. The maximum absolute atomic E-state index is 5.30.